The molecule has 2 rings (SSSR count). The first-order valence-electron chi connectivity index (χ1n) is 7.31. The second-order valence-electron chi connectivity index (χ2n) is 5.98. The molecule has 1 fully saturated rings. The Morgan fingerprint density at radius 3 is 2.61 bits per heavy atom. The van der Waals surface area contributed by atoms with E-state index in [4.69, 9.17) is 0 Å². The Morgan fingerprint density at radius 2 is 2.04 bits per heavy atom. The van der Waals surface area contributed by atoms with Crippen LogP contribution < -0.4 is 0 Å². The van der Waals surface area contributed by atoms with Gasteiger partial charge < -0.3 is 9.80 Å². The third kappa shape index (κ3) is 4.74. The number of sulfone groups is 1. The molecule has 0 N–H and O–H groups in total. The van der Waals surface area contributed by atoms with Gasteiger partial charge in [0.2, 0.25) is 0 Å². The lowest BCUT2D eigenvalue weighted by molar-refractivity contribution is 0.0682. The zero-order valence-corrected chi connectivity index (χ0v) is 15.5. The molecule has 1 amide bonds. The van der Waals surface area contributed by atoms with E-state index in [0.717, 1.165) is 0 Å². The molecule has 0 radical (unpaired) electrons. The molecule has 8 heteroatoms. The largest absolute Gasteiger partial charge is 0.333 e. The summed E-state index contributed by atoms with van der Waals surface area (Å²) in [5.74, 6) is -0.782. The highest BCUT2D eigenvalue weighted by molar-refractivity contribution is 9.10. The molecule has 128 valence electrons. The van der Waals surface area contributed by atoms with E-state index in [2.05, 4.69) is 15.9 Å². The smallest absolute Gasteiger partial charge is 0.255 e. The van der Waals surface area contributed by atoms with Gasteiger partial charge in [0.25, 0.3) is 5.91 Å². The number of rotatable bonds is 5. The maximum atomic E-state index is 13.5. The van der Waals surface area contributed by atoms with Crippen LogP contribution in [0.25, 0.3) is 0 Å². The Morgan fingerprint density at radius 1 is 1.35 bits per heavy atom. The number of carbonyl (C=O) groups is 1. The van der Waals surface area contributed by atoms with Gasteiger partial charge in [-0.1, -0.05) is 0 Å². The number of hydrogen-bond acceptors (Lipinski definition) is 4. The Hall–Kier alpha value is -0.990. The maximum Gasteiger partial charge on any atom is 0.255 e. The van der Waals surface area contributed by atoms with E-state index in [1.807, 2.05) is 19.0 Å². The molecule has 1 heterocycles. The molecule has 0 bridgehead atoms. The van der Waals surface area contributed by atoms with Gasteiger partial charge in [-0.3, -0.25) is 4.79 Å². The SMILES string of the molecule is CN(C)CCN(C(=O)c1cc(F)ccc1Br)C1CCS(=O)(=O)C1. The highest BCUT2D eigenvalue weighted by Crippen LogP contribution is 2.24. The first-order chi connectivity index (χ1) is 10.7. The van der Waals surface area contributed by atoms with Crippen LogP contribution in [-0.2, 0) is 9.84 Å². The van der Waals surface area contributed by atoms with Crippen LogP contribution in [0.2, 0.25) is 0 Å². The monoisotopic (exact) mass is 406 g/mol. The highest BCUT2D eigenvalue weighted by atomic mass is 79.9. The van der Waals surface area contributed by atoms with Gasteiger partial charge in [0.05, 0.1) is 17.1 Å². The first-order valence-corrected chi connectivity index (χ1v) is 9.92. The normalized spacial score (nSPS) is 20.0. The molecule has 5 nitrogen and oxygen atoms in total. The minimum Gasteiger partial charge on any atom is -0.333 e. The van der Waals surface area contributed by atoms with Crippen LogP contribution in [-0.4, -0.2) is 68.9 Å². The van der Waals surface area contributed by atoms with Crippen molar-refractivity contribution in [1.29, 1.82) is 0 Å². The Balaban J connectivity index is 2.29. The number of carbonyl (C=O) groups excluding carboxylic acids is 1. The summed E-state index contributed by atoms with van der Waals surface area (Å²) < 4.78 is 37.5. The van der Waals surface area contributed by atoms with Gasteiger partial charge >= 0.3 is 0 Å². The number of hydrogen-bond donors (Lipinski definition) is 0. The molecule has 1 aromatic rings. The average Bonchev–Trinajstić information content (AvgIpc) is 2.81. The lowest BCUT2D eigenvalue weighted by Crippen LogP contribution is -2.44. The lowest BCUT2D eigenvalue weighted by atomic mass is 10.1. The molecule has 0 spiro atoms. The minimum absolute atomic E-state index is 0.0287. The van der Waals surface area contributed by atoms with Gasteiger partial charge in [-0.2, -0.15) is 0 Å². The minimum atomic E-state index is -3.11. The van der Waals surface area contributed by atoms with E-state index in [9.17, 15) is 17.6 Å². The quantitative estimate of drug-likeness (QED) is 0.747. The summed E-state index contributed by atoms with van der Waals surface area (Å²) in [4.78, 5) is 16.3. The first kappa shape index (κ1) is 18.4. The molecule has 1 atom stereocenters. The summed E-state index contributed by atoms with van der Waals surface area (Å²) in [6.45, 7) is 1.00. The van der Waals surface area contributed by atoms with Gasteiger partial charge in [0.1, 0.15) is 5.82 Å². The van der Waals surface area contributed by atoms with Crippen LogP contribution in [0.5, 0.6) is 0 Å². The van der Waals surface area contributed by atoms with E-state index in [1.54, 1.807) is 4.90 Å². The van der Waals surface area contributed by atoms with Gasteiger partial charge in [-0.15, -0.1) is 0 Å². The van der Waals surface area contributed by atoms with Crippen LogP contribution >= 0.6 is 15.9 Å². The average molecular weight is 407 g/mol. The van der Waals surface area contributed by atoms with Crippen molar-refractivity contribution in [3.8, 4) is 0 Å². The van der Waals surface area contributed by atoms with E-state index < -0.39 is 15.7 Å². The summed E-state index contributed by atoms with van der Waals surface area (Å²) in [6, 6.07) is 3.57. The van der Waals surface area contributed by atoms with Crippen molar-refractivity contribution in [2.75, 3.05) is 38.7 Å². The molecule has 0 aliphatic carbocycles. The molecule has 1 aromatic carbocycles. The number of amides is 1. The highest BCUT2D eigenvalue weighted by Gasteiger charge is 2.35. The molecule has 23 heavy (non-hydrogen) atoms. The van der Waals surface area contributed by atoms with Gasteiger partial charge in [-0.05, 0) is 54.6 Å². The molecule has 1 saturated heterocycles. The molecule has 1 aliphatic rings. The second kappa shape index (κ2) is 7.27. The number of halogens is 2. The standard InChI is InChI=1S/C15H20BrFN2O3S/c1-18(2)6-7-19(12-5-8-23(21,22)10-12)15(20)13-9-11(17)3-4-14(13)16/h3-4,9,12H,5-8,10H2,1-2H3. The van der Waals surface area contributed by atoms with Crippen LogP contribution in [0.4, 0.5) is 4.39 Å². The van der Waals surface area contributed by atoms with Gasteiger partial charge in [0.15, 0.2) is 9.84 Å². The molecule has 1 aliphatic heterocycles. The van der Waals surface area contributed by atoms with E-state index in [0.29, 0.717) is 24.0 Å². The molecule has 0 aromatic heterocycles. The zero-order chi connectivity index (χ0) is 17.2. The molecule has 0 saturated carbocycles. The van der Waals surface area contributed by atoms with Crippen LogP contribution in [0, 0.1) is 5.82 Å². The second-order valence-corrected chi connectivity index (χ2v) is 9.07. The third-order valence-electron chi connectivity index (χ3n) is 3.86. The van der Waals surface area contributed by atoms with Crippen LogP contribution in [0.15, 0.2) is 22.7 Å². The fraction of sp³-hybridized carbons (Fsp3) is 0.533. The van der Waals surface area contributed by atoms with Crippen molar-refractivity contribution in [1.82, 2.24) is 9.80 Å². The van der Waals surface area contributed by atoms with E-state index in [1.165, 1.54) is 18.2 Å². The summed E-state index contributed by atoms with van der Waals surface area (Å²) in [7, 11) is 0.656. The van der Waals surface area contributed by atoms with Crippen molar-refractivity contribution >= 4 is 31.7 Å². The molecule has 1 unspecified atom stereocenters. The Bertz CT molecular complexity index is 694. The third-order valence-corrected chi connectivity index (χ3v) is 6.30. The van der Waals surface area contributed by atoms with Crippen molar-refractivity contribution in [2.24, 2.45) is 0 Å². The van der Waals surface area contributed by atoms with Crippen molar-refractivity contribution in [3.05, 3.63) is 34.1 Å². The summed E-state index contributed by atoms with van der Waals surface area (Å²) in [6.07, 6.45) is 0.425. The fourth-order valence-corrected chi connectivity index (χ4v) is 4.74. The van der Waals surface area contributed by atoms with Gasteiger partial charge in [0, 0.05) is 23.6 Å². The van der Waals surface area contributed by atoms with E-state index in [-0.39, 0.29) is 29.0 Å². The van der Waals surface area contributed by atoms with E-state index >= 15 is 0 Å². The summed E-state index contributed by atoms with van der Waals surface area (Å²) in [5, 5.41) is 0. The lowest BCUT2D eigenvalue weighted by Gasteiger charge is -2.30. The topological polar surface area (TPSA) is 57.7 Å². The predicted molar refractivity (Wildman–Crippen MR) is 90.7 cm³/mol. The van der Waals surface area contributed by atoms with Crippen LogP contribution in [0.1, 0.15) is 16.8 Å². The molecular formula is C15H20BrFN2O3S. The number of nitrogens with zero attached hydrogens (tertiary/aromatic N) is 2. The fourth-order valence-electron chi connectivity index (χ4n) is 2.59. The Labute approximate surface area is 144 Å². The van der Waals surface area contributed by atoms with Crippen molar-refractivity contribution < 1.29 is 17.6 Å². The molecular weight excluding hydrogens is 387 g/mol. The number of likely N-dealkylation sites (N-methyl/N-ethyl adjacent to an activating group) is 1. The predicted octanol–water partition coefficient (Wildman–Crippen LogP) is 1.78. The van der Waals surface area contributed by atoms with Crippen LogP contribution in [0.3, 0.4) is 0 Å². The van der Waals surface area contributed by atoms with Crippen molar-refractivity contribution in [2.45, 2.75) is 12.5 Å². The summed E-state index contributed by atoms with van der Waals surface area (Å²) in [5.41, 5.74) is 0.216. The Kier molecular flexibility index (Phi) is 5.80. The zero-order valence-electron chi connectivity index (χ0n) is 13.1. The summed E-state index contributed by atoms with van der Waals surface area (Å²) >= 11 is 3.27. The number of benzene rings is 1. The van der Waals surface area contributed by atoms with Crippen molar-refractivity contribution in [3.63, 3.8) is 0 Å². The maximum absolute atomic E-state index is 13.5. The van der Waals surface area contributed by atoms with Gasteiger partial charge in [-0.25, -0.2) is 12.8 Å².